The molecule has 1 N–H and O–H groups in total. The molecule has 20 heavy (non-hydrogen) atoms. The van der Waals surface area contributed by atoms with Crippen molar-refractivity contribution < 1.29 is 5.11 Å². The van der Waals surface area contributed by atoms with Crippen LogP contribution in [0.3, 0.4) is 0 Å². The monoisotopic (exact) mass is 270 g/mol. The molecule has 2 aromatic rings. The largest absolute Gasteiger partial charge is 0.390 e. The molecule has 0 bridgehead atoms. The first kappa shape index (κ1) is 13.5. The van der Waals surface area contributed by atoms with E-state index in [1.54, 1.807) is 0 Å². The summed E-state index contributed by atoms with van der Waals surface area (Å²) in [5.74, 6) is 0. The van der Waals surface area contributed by atoms with Crippen LogP contribution in [0.15, 0.2) is 30.3 Å². The zero-order chi connectivity index (χ0) is 14.2. The Labute approximate surface area is 120 Å². The van der Waals surface area contributed by atoms with Crippen LogP contribution in [-0.4, -0.2) is 33.7 Å². The molecular weight excluding hydrogens is 248 g/mol. The maximum Gasteiger partial charge on any atom is 0.0708 e. The van der Waals surface area contributed by atoms with Crippen LogP contribution in [0.25, 0.3) is 10.9 Å². The van der Waals surface area contributed by atoms with E-state index in [9.17, 15) is 5.11 Å². The maximum absolute atomic E-state index is 10.0. The number of para-hydroxylation sites is 1. The SMILES string of the molecule is Cc1cc(CN2CCC(C)(O)CC2)c2ccccc2n1. The van der Waals surface area contributed by atoms with Crippen molar-refractivity contribution in [3.05, 3.63) is 41.6 Å². The first-order valence-electron chi connectivity index (χ1n) is 7.33. The Morgan fingerprint density at radius 3 is 2.70 bits per heavy atom. The molecule has 0 spiro atoms. The first-order chi connectivity index (χ1) is 9.53. The number of benzene rings is 1. The van der Waals surface area contributed by atoms with Gasteiger partial charge in [-0.1, -0.05) is 18.2 Å². The molecule has 0 unspecified atom stereocenters. The van der Waals surface area contributed by atoms with Crippen LogP contribution in [0.2, 0.25) is 0 Å². The molecular formula is C17H22N2O. The highest BCUT2D eigenvalue weighted by Crippen LogP contribution is 2.25. The van der Waals surface area contributed by atoms with Crippen molar-refractivity contribution in [1.82, 2.24) is 9.88 Å². The Bertz CT molecular complexity index is 611. The third-order valence-electron chi connectivity index (χ3n) is 4.26. The Balaban J connectivity index is 1.84. The second kappa shape index (κ2) is 5.15. The number of aromatic nitrogens is 1. The molecule has 1 aliphatic rings. The molecule has 1 saturated heterocycles. The van der Waals surface area contributed by atoms with Gasteiger partial charge in [-0.25, -0.2) is 0 Å². The number of piperidine rings is 1. The van der Waals surface area contributed by atoms with Crippen LogP contribution < -0.4 is 0 Å². The summed E-state index contributed by atoms with van der Waals surface area (Å²) in [6, 6.07) is 10.5. The number of nitrogens with zero attached hydrogens (tertiary/aromatic N) is 2. The van der Waals surface area contributed by atoms with Crippen molar-refractivity contribution in [2.75, 3.05) is 13.1 Å². The summed E-state index contributed by atoms with van der Waals surface area (Å²) in [7, 11) is 0. The predicted molar refractivity (Wildman–Crippen MR) is 81.6 cm³/mol. The summed E-state index contributed by atoms with van der Waals surface area (Å²) in [6.45, 7) is 6.86. The van der Waals surface area contributed by atoms with E-state index in [1.807, 2.05) is 13.0 Å². The Hall–Kier alpha value is -1.45. The minimum absolute atomic E-state index is 0.479. The highest BCUT2D eigenvalue weighted by Gasteiger charge is 2.27. The molecule has 0 saturated carbocycles. The fourth-order valence-electron chi connectivity index (χ4n) is 2.96. The zero-order valence-electron chi connectivity index (χ0n) is 12.3. The fourth-order valence-corrected chi connectivity index (χ4v) is 2.96. The molecule has 0 amide bonds. The van der Waals surface area contributed by atoms with Gasteiger partial charge in [-0.15, -0.1) is 0 Å². The molecule has 106 valence electrons. The standard InChI is InChI=1S/C17H22N2O/c1-13-11-14(15-5-3-4-6-16(15)18-13)12-19-9-7-17(2,20)8-10-19/h3-6,11,20H,7-10,12H2,1-2H3. The van der Waals surface area contributed by atoms with E-state index >= 15 is 0 Å². The molecule has 3 nitrogen and oxygen atoms in total. The van der Waals surface area contributed by atoms with Crippen LogP contribution in [-0.2, 0) is 6.54 Å². The fraction of sp³-hybridized carbons (Fsp3) is 0.471. The van der Waals surface area contributed by atoms with E-state index in [4.69, 9.17) is 0 Å². The van der Waals surface area contributed by atoms with Gasteiger partial charge in [0.05, 0.1) is 11.1 Å². The highest BCUT2D eigenvalue weighted by atomic mass is 16.3. The van der Waals surface area contributed by atoms with Gasteiger partial charge in [-0.2, -0.15) is 0 Å². The summed E-state index contributed by atoms with van der Waals surface area (Å²) < 4.78 is 0. The van der Waals surface area contributed by atoms with Crippen LogP contribution in [0, 0.1) is 6.92 Å². The van der Waals surface area contributed by atoms with E-state index in [-0.39, 0.29) is 0 Å². The topological polar surface area (TPSA) is 36.4 Å². The molecule has 1 aliphatic heterocycles. The summed E-state index contributed by atoms with van der Waals surface area (Å²) >= 11 is 0. The normalized spacial score (nSPS) is 19.4. The van der Waals surface area contributed by atoms with Gasteiger partial charge < -0.3 is 5.11 Å². The van der Waals surface area contributed by atoms with Gasteiger partial charge in [0, 0.05) is 30.7 Å². The third kappa shape index (κ3) is 2.84. The molecule has 0 radical (unpaired) electrons. The highest BCUT2D eigenvalue weighted by molar-refractivity contribution is 5.82. The minimum Gasteiger partial charge on any atom is -0.390 e. The molecule has 0 atom stereocenters. The molecule has 0 aliphatic carbocycles. The Morgan fingerprint density at radius 2 is 1.95 bits per heavy atom. The van der Waals surface area contributed by atoms with Crippen LogP contribution in [0.4, 0.5) is 0 Å². The van der Waals surface area contributed by atoms with Crippen LogP contribution in [0.5, 0.6) is 0 Å². The van der Waals surface area contributed by atoms with E-state index in [2.05, 4.69) is 41.1 Å². The van der Waals surface area contributed by atoms with Crippen LogP contribution >= 0.6 is 0 Å². The number of likely N-dealkylation sites (tertiary alicyclic amines) is 1. The summed E-state index contributed by atoms with van der Waals surface area (Å²) in [5.41, 5.74) is 3.01. The van der Waals surface area contributed by atoms with E-state index in [0.717, 1.165) is 43.7 Å². The van der Waals surface area contributed by atoms with E-state index < -0.39 is 5.60 Å². The third-order valence-corrected chi connectivity index (χ3v) is 4.26. The number of hydrogen-bond acceptors (Lipinski definition) is 3. The molecule has 1 aromatic carbocycles. The van der Waals surface area contributed by atoms with Crippen molar-refractivity contribution in [1.29, 1.82) is 0 Å². The lowest BCUT2D eigenvalue weighted by Crippen LogP contribution is -2.42. The summed E-state index contributed by atoms with van der Waals surface area (Å²) in [4.78, 5) is 7.02. The summed E-state index contributed by atoms with van der Waals surface area (Å²) in [5, 5.41) is 11.3. The van der Waals surface area contributed by atoms with Crippen molar-refractivity contribution >= 4 is 10.9 Å². The zero-order valence-corrected chi connectivity index (χ0v) is 12.3. The Morgan fingerprint density at radius 1 is 1.25 bits per heavy atom. The van der Waals surface area contributed by atoms with Gasteiger partial charge in [0.1, 0.15) is 0 Å². The first-order valence-corrected chi connectivity index (χ1v) is 7.33. The van der Waals surface area contributed by atoms with Crippen molar-refractivity contribution in [2.45, 2.75) is 38.8 Å². The van der Waals surface area contributed by atoms with Gasteiger partial charge >= 0.3 is 0 Å². The number of rotatable bonds is 2. The second-order valence-corrected chi connectivity index (χ2v) is 6.21. The molecule has 3 heteroatoms. The number of aliphatic hydroxyl groups is 1. The number of fused-ring (bicyclic) bond motifs is 1. The molecule has 3 rings (SSSR count). The quantitative estimate of drug-likeness (QED) is 0.911. The lowest BCUT2D eigenvalue weighted by molar-refractivity contribution is -0.00721. The molecule has 1 fully saturated rings. The van der Waals surface area contributed by atoms with Crippen molar-refractivity contribution in [3.63, 3.8) is 0 Å². The van der Waals surface area contributed by atoms with Crippen molar-refractivity contribution in [3.8, 4) is 0 Å². The maximum atomic E-state index is 10.0. The summed E-state index contributed by atoms with van der Waals surface area (Å²) in [6.07, 6.45) is 1.71. The number of pyridine rings is 1. The van der Waals surface area contributed by atoms with Gasteiger partial charge in [-0.3, -0.25) is 9.88 Å². The molecule has 1 aromatic heterocycles. The Kier molecular flexibility index (Phi) is 3.48. The van der Waals surface area contributed by atoms with Gasteiger partial charge in [-0.05, 0) is 44.4 Å². The van der Waals surface area contributed by atoms with Gasteiger partial charge in [0.25, 0.3) is 0 Å². The smallest absolute Gasteiger partial charge is 0.0708 e. The molecule has 2 heterocycles. The second-order valence-electron chi connectivity index (χ2n) is 6.21. The lowest BCUT2D eigenvalue weighted by atomic mass is 9.93. The predicted octanol–water partition coefficient (Wildman–Crippen LogP) is 2.89. The number of hydrogen-bond donors (Lipinski definition) is 1. The van der Waals surface area contributed by atoms with Crippen LogP contribution in [0.1, 0.15) is 31.0 Å². The average Bonchev–Trinajstić information content (AvgIpc) is 2.41. The lowest BCUT2D eigenvalue weighted by Gasteiger charge is -2.36. The van der Waals surface area contributed by atoms with Crippen molar-refractivity contribution in [2.24, 2.45) is 0 Å². The van der Waals surface area contributed by atoms with E-state index in [0.29, 0.717) is 0 Å². The van der Waals surface area contributed by atoms with Gasteiger partial charge in [0.2, 0.25) is 0 Å². The minimum atomic E-state index is -0.479. The number of aryl methyl sites for hydroxylation is 1. The van der Waals surface area contributed by atoms with Gasteiger partial charge in [0.15, 0.2) is 0 Å². The average molecular weight is 270 g/mol. The van der Waals surface area contributed by atoms with E-state index in [1.165, 1.54) is 10.9 Å².